The van der Waals surface area contributed by atoms with Crippen molar-refractivity contribution in [2.24, 2.45) is 5.16 Å². The summed E-state index contributed by atoms with van der Waals surface area (Å²) in [6.07, 6.45) is 0.00738. The van der Waals surface area contributed by atoms with Crippen molar-refractivity contribution in [3.05, 3.63) is 65.7 Å². The predicted molar refractivity (Wildman–Crippen MR) is 86.0 cm³/mol. The zero-order valence-electron chi connectivity index (χ0n) is 12.3. The molecule has 0 saturated heterocycles. The van der Waals surface area contributed by atoms with Crippen LogP contribution in [0.1, 0.15) is 28.8 Å². The van der Waals surface area contributed by atoms with Crippen LogP contribution in [-0.4, -0.2) is 27.9 Å². The van der Waals surface area contributed by atoms with Gasteiger partial charge in [0.05, 0.1) is 12.1 Å². The predicted octanol–water partition coefficient (Wildman–Crippen LogP) is 2.98. The molecular weight excluding hydrogens is 296 g/mol. The van der Waals surface area contributed by atoms with E-state index in [4.69, 9.17) is 10.3 Å². The molecule has 0 aliphatic heterocycles. The Bertz CT molecular complexity index is 709. The number of rotatable bonds is 6. The van der Waals surface area contributed by atoms with Crippen LogP contribution in [-0.2, 0) is 4.79 Å². The van der Waals surface area contributed by atoms with Gasteiger partial charge in [-0.3, -0.25) is 9.59 Å². The number of nitrogens with one attached hydrogen (secondary N) is 1. The van der Waals surface area contributed by atoms with Gasteiger partial charge in [0.25, 0.3) is 5.91 Å². The van der Waals surface area contributed by atoms with Gasteiger partial charge in [-0.1, -0.05) is 35.5 Å². The Morgan fingerprint density at radius 3 is 2.13 bits per heavy atom. The molecule has 0 atom stereocenters. The van der Waals surface area contributed by atoms with Crippen molar-refractivity contribution in [2.45, 2.75) is 12.8 Å². The Balaban J connectivity index is 2.04. The van der Waals surface area contributed by atoms with Gasteiger partial charge in [0.1, 0.15) is 0 Å². The van der Waals surface area contributed by atoms with E-state index in [-0.39, 0.29) is 24.5 Å². The molecule has 0 saturated carbocycles. The average molecular weight is 312 g/mol. The maximum absolute atomic E-state index is 12.0. The van der Waals surface area contributed by atoms with E-state index in [0.29, 0.717) is 16.8 Å². The summed E-state index contributed by atoms with van der Waals surface area (Å²) in [4.78, 5) is 22.6. The summed E-state index contributed by atoms with van der Waals surface area (Å²) < 4.78 is 0. The summed E-state index contributed by atoms with van der Waals surface area (Å²) in [6, 6.07) is 15.5. The molecule has 3 N–H and O–H groups in total. The van der Waals surface area contributed by atoms with Crippen molar-refractivity contribution < 1.29 is 19.9 Å². The minimum absolute atomic E-state index is 0.119. The molecule has 0 bridgehead atoms. The monoisotopic (exact) mass is 312 g/mol. The molecular formula is C17H16N2O4. The number of hydrogen-bond acceptors (Lipinski definition) is 4. The first kappa shape index (κ1) is 16.2. The minimum Gasteiger partial charge on any atom is -0.481 e. The van der Waals surface area contributed by atoms with Crippen LogP contribution in [0.2, 0.25) is 0 Å². The van der Waals surface area contributed by atoms with Gasteiger partial charge in [-0.05, 0) is 29.8 Å². The lowest BCUT2D eigenvalue weighted by atomic mass is 10.1. The zero-order valence-corrected chi connectivity index (χ0v) is 12.3. The lowest BCUT2D eigenvalue weighted by Crippen LogP contribution is -2.12. The number of nitrogens with zero attached hydrogens (tertiary/aromatic N) is 1. The van der Waals surface area contributed by atoms with E-state index in [1.165, 1.54) is 0 Å². The standard InChI is InChI=1S/C17H16N2O4/c20-16(21)11-10-15(19-23)12-6-8-14(9-7-12)18-17(22)13-4-2-1-3-5-13/h1-9,23H,10-11H2,(H,18,22)(H,20,21)/b19-15-. The van der Waals surface area contributed by atoms with Crippen molar-refractivity contribution in [3.63, 3.8) is 0 Å². The maximum atomic E-state index is 12.0. The van der Waals surface area contributed by atoms with E-state index in [2.05, 4.69) is 10.5 Å². The van der Waals surface area contributed by atoms with Gasteiger partial charge in [0.2, 0.25) is 0 Å². The summed E-state index contributed by atoms with van der Waals surface area (Å²) in [5.74, 6) is -1.18. The number of aliphatic carboxylic acids is 1. The molecule has 0 heterocycles. The second-order valence-corrected chi connectivity index (χ2v) is 4.84. The number of carboxylic acids is 1. The molecule has 0 aliphatic rings. The molecule has 0 aromatic heterocycles. The van der Waals surface area contributed by atoms with Gasteiger partial charge in [0, 0.05) is 17.7 Å². The highest BCUT2D eigenvalue weighted by Gasteiger charge is 2.09. The Labute approximate surface area is 133 Å². The number of amides is 1. The lowest BCUT2D eigenvalue weighted by molar-refractivity contribution is -0.136. The minimum atomic E-state index is -0.960. The molecule has 0 unspecified atom stereocenters. The summed E-state index contributed by atoms with van der Waals surface area (Å²) in [5, 5.41) is 23.5. The highest BCUT2D eigenvalue weighted by atomic mass is 16.4. The lowest BCUT2D eigenvalue weighted by Gasteiger charge is -2.07. The third-order valence-electron chi connectivity index (χ3n) is 3.21. The number of carbonyl (C=O) groups is 2. The van der Waals surface area contributed by atoms with Crippen LogP contribution in [0.15, 0.2) is 59.8 Å². The van der Waals surface area contributed by atoms with E-state index in [0.717, 1.165) is 0 Å². The summed E-state index contributed by atoms with van der Waals surface area (Å²) >= 11 is 0. The fourth-order valence-electron chi connectivity index (χ4n) is 2.02. The van der Waals surface area contributed by atoms with Crippen LogP contribution in [0.25, 0.3) is 0 Å². The van der Waals surface area contributed by atoms with E-state index in [1.807, 2.05) is 6.07 Å². The Hall–Kier alpha value is -3.15. The van der Waals surface area contributed by atoms with Crippen molar-refractivity contribution in [1.29, 1.82) is 0 Å². The number of benzene rings is 2. The van der Waals surface area contributed by atoms with Crippen molar-refractivity contribution >= 4 is 23.3 Å². The van der Waals surface area contributed by atoms with Crippen LogP contribution in [0.3, 0.4) is 0 Å². The summed E-state index contributed by atoms with van der Waals surface area (Å²) in [7, 11) is 0. The maximum Gasteiger partial charge on any atom is 0.303 e. The highest BCUT2D eigenvalue weighted by Crippen LogP contribution is 2.14. The first-order valence-electron chi connectivity index (χ1n) is 6.99. The zero-order chi connectivity index (χ0) is 16.7. The van der Waals surface area contributed by atoms with Gasteiger partial charge < -0.3 is 15.6 Å². The summed E-state index contributed by atoms with van der Waals surface area (Å²) in [5.41, 5.74) is 2.04. The van der Waals surface area contributed by atoms with E-state index < -0.39 is 5.97 Å². The third kappa shape index (κ3) is 4.67. The van der Waals surface area contributed by atoms with Crippen LogP contribution in [0.4, 0.5) is 5.69 Å². The fourth-order valence-corrected chi connectivity index (χ4v) is 2.02. The van der Waals surface area contributed by atoms with Gasteiger partial charge >= 0.3 is 5.97 Å². The van der Waals surface area contributed by atoms with Crippen LogP contribution in [0.5, 0.6) is 0 Å². The molecule has 6 heteroatoms. The molecule has 1 amide bonds. The number of oxime groups is 1. The molecule has 0 aliphatic carbocycles. The van der Waals surface area contributed by atoms with E-state index in [1.54, 1.807) is 48.5 Å². The second-order valence-electron chi connectivity index (χ2n) is 4.84. The molecule has 2 aromatic rings. The number of carboxylic acid groups (broad SMARTS) is 1. The molecule has 0 spiro atoms. The Morgan fingerprint density at radius 2 is 1.57 bits per heavy atom. The highest BCUT2D eigenvalue weighted by molar-refractivity contribution is 6.05. The van der Waals surface area contributed by atoms with Crippen molar-refractivity contribution in [1.82, 2.24) is 0 Å². The normalized spacial score (nSPS) is 11.0. The number of hydrogen-bond donors (Lipinski definition) is 3. The Kier molecular flexibility index (Phi) is 5.46. The fraction of sp³-hybridized carbons (Fsp3) is 0.118. The molecule has 2 aromatic carbocycles. The van der Waals surface area contributed by atoms with Gasteiger partial charge in [-0.25, -0.2) is 0 Å². The average Bonchev–Trinajstić information content (AvgIpc) is 2.57. The molecule has 2 rings (SSSR count). The van der Waals surface area contributed by atoms with Crippen LogP contribution >= 0.6 is 0 Å². The first-order valence-corrected chi connectivity index (χ1v) is 6.99. The quantitative estimate of drug-likeness (QED) is 0.434. The van der Waals surface area contributed by atoms with Crippen molar-refractivity contribution in [2.75, 3.05) is 5.32 Å². The number of anilines is 1. The molecule has 6 nitrogen and oxygen atoms in total. The third-order valence-corrected chi connectivity index (χ3v) is 3.21. The first-order chi connectivity index (χ1) is 11.1. The van der Waals surface area contributed by atoms with E-state index in [9.17, 15) is 9.59 Å². The van der Waals surface area contributed by atoms with Crippen LogP contribution < -0.4 is 5.32 Å². The molecule has 118 valence electrons. The van der Waals surface area contributed by atoms with Crippen LogP contribution in [0, 0.1) is 0 Å². The van der Waals surface area contributed by atoms with E-state index >= 15 is 0 Å². The summed E-state index contributed by atoms with van der Waals surface area (Å²) in [6.45, 7) is 0. The SMILES string of the molecule is O=C(O)CC/C(=N/O)c1ccc(NC(=O)c2ccccc2)cc1. The van der Waals surface area contributed by atoms with Gasteiger partial charge in [-0.2, -0.15) is 0 Å². The molecule has 0 radical (unpaired) electrons. The van der Waals surface area contributed by atoms with Gasteiger partial charge in [-0.15, -0.1) is 0 Å². The topological polar surface area (TPSA) is 99.0 Å². The largest absolute Gasteiger partial charge is 0.481 e. The number of carbonyl (C=O) groups excluding carboxylic acids is 1. The van der Waals surface area contributed by atoms with Gasteiger partial charge in [0.15, 0.2) is 0 Å². The molecule has 0 fully saturated rings. The smallest absolute Gasteiger partial charge is 0.303 e. The second kappa shape index (κ2) is 7.74. The Morgan fingerprint density at radius 1 is 0.913 bits per heavy atom. The van der Waals surface area contributed by atoms with Crippen molar-refractivity contribution in [3.8, 4) is 0 Å². The molecule has 23 heavy (non-hydrogen) atoms.